The number of anilines is 2. The molecule has 0 radical (unpaired) electrons. The van der Waals surface area contributed by atoms with Crippen molar-refractivity contribution in [1.29, 1.82) is 0 Å². The van der Waals surface area contributed by atoms with Gasteiger partial charge in [-0.2, -0.15) is 0 Å². The molecule has 0 spiro atoms. The highest BCUT2D eigenvalue weighted by Gasteiger charge is 2.36. The number of benzene rings is 4. The quantitative estimate of drug-likeness (QED) is 0.439. The summed E-state index contributed by atoms with van der Waals surface area (Å²) in [5.74, 6) is -0.274. The van der Waals surface area contributed by atoms with Crippen molar-refractivity contribution in [2.75, 3.05) is 4.90 Å². The van der Waals surface area contributed by atoms with E-state index in [0.717, 1.165) is 11.1 Å². The molecule has 5 rings (SSSR count). The van der Waals surface area contributed by atoms with Crippen LogP contribution in [0.3, 0.4) is 0 Å². The highest BCUT2D eigenvalue weighted by Crippen LogP contribution is 2.44. The van der Waals surface area contributed by atoms with Crippen molar-refractivity contribution in [3.05, 3.63) is 109 Å². The minimum atomic E-state index is -3.69. The van der Waals surface area contributed by atoms with Gasteiger partial charge >= 0.3 is 0 Å². The summed E-state index contributed by atoms with van der Waals surface area (Å²) in [5, 5.41) is 0. The number of hydrogen-bond acceptors (Lipinski definition) is 3. The summed E-state index contributed by atoms with van der Waals surface area (Å²) in [5.41, 5.74) is 3.30. The molecule has 146 valence electrons. The van der Waals surface area contributed by atoms with Gasteiger partial charge in [0.25, 0.3) is 5.91 Å². The topological polar surface area (TPSA) is 54.5 Å². The molecule has 0 fully saturated rings. The molecular weight excluding hydrogens is 394 g/mol. The van der Waals surface area contributed by atoms with E-state index in [0.29, 0.717) is 16.9 Å². The van der Waals surface area contributed by atoms with Gasteiger partial charge in [-0.05, 0) is 47.5 Å². The molecule has 0 bridgehead atoms. The zero-order chi connectivity index (χ0) is 20.7. The minimum Gasteiger partial charge on any atom is -0.274 e. The van der Waals surface area contributed by atoms with Gasteiger partial charge in [0.05, 0.1) is 21.2 Å². The van der Waals surface area contributed by atoms with Crippen LogP contribution in [0.5, 0.6) is 0 Å². The summed E-state index contributed by atoms with van der Waals surface area (Å²) < 4.78 is 26.1. The summed E-state index contributed by atoms with van der Waals surface area (Å²) in [6.45, 7) is 0. The predicted octanol–water partition coefficient (Wildman–Crippen LogP) is 5.48. The Hall–Kier alpha value is -3.70. The largest absolute Gasteiger partial charge is 0.274 e. The first-order valence-electron chi connectivity index (χ1n) is 9.50. The first kappa shape index (κ1) is 18.3. The number of sulfone groups is 1. The van der Waals surface area contributed by atoms with E-state index in [9.17, 15) is 13.2 Å². The smallest absolute Gasteiger partial charge is 0.262 e. The molecule has 30 heavy (non-hydrogen) atoms. The van der Waals surface area contributed by atoms with Crippen LogP contribution in [0.4, 0.5) is 11.4 Å². The highest BCUT2D eigenvalue weighted by molar-refractivity contribution is 7.92. The van der Waals surface area contributed by atoms with E-state index >= 15 is 0 Å². The molecular formula is C25H17NO3S. The van der Waals surface area contributed by atoms with Crippen molar-refractivity contribution >= 4 is 27.1 Å². The number of amides is 1. The lowest BCUT2D eigenvalue weighted by Crippen LogP contribution is -2.31. The second-order valence-corrected chi connectivity index (χ2v) is 8.91. The molecule has 4 aromatic rings. The van der Waals surface area contributed by atoms with Crippen molar-refractivity contribution in [3.63, 3.8) is 0 Å². The van der Waals surface area contributed by atoms with Crippen molar-refractivity contribution < 1.29 is 13.2 Å². The third-order valence-corrected chi connectivity index (χ3v) is 7.08. The molecule has 0 aromatic heterocycles. The van der Waals surface area contributed by atoms with E-state index in [4.69, 9.17) is 0 Å². The maximum atomic E-state index is 13.5. The summed E-state index contributed by atoms with van der Waals surface area (Å²) >= 11 is 0. The fourth-order valence-corrected chi connectivity index (χ4v) is 5.39. The van der Waals surface area contributed by atoms with Gasteiger partial charge < -0.3 is 0 Å². The fourth-order valence-electron chi connectivity index (χ4n) is 3.77. The lowest BCUT2D eigenvalue weighted by molar-refractivity contribution is 0.0998. The molecule has 0 saturated heterocycles. The molecule has 1 aliphatic rings. The standard InChI is InChI=1S/C25H17NO3S/c27-25(20-16-14-19(15-17-20)18-8-2-1-3-9-18)26-21-10-4-6-12-23(21)30(28,29)24-13-7-5-11-22(24)26/h1-17H. The van der Waals surface area contributed by atoms with Gasteiger partial charge in [0.2, 0.25) is 9.84 Å². The number of fused-ring (bicyclic) bond motifs is 2. The summed E-state index contributed by atoms with van der Waals surface area (Å²) in [4.78, 5) is 15.3. The average Bonchev–Trinajstić information content (AvgIpc) is 2.80. The van der Waals surface area contributed by atoms with Crippen LogP contribution < -0.4 is 4.90 Å². The Morgan fingerprint density at radius 3 is 1.60 bits per heavy atom. The van der Waals surface area contributed by atoms with Crippen LogP contribution in [-0.4, -0.2) is 14.3 Å². The second kappa shape index (κ2) is 6.97. The monoisotopic (exact) mass is 411 g/mol. The fraction of sp³-hybridized carbons (Fsp3) is 0. The van der Waals surface area contributed by atoms with E-state index in [1.807, 2.05) is 42.5 Å². The second-order valence-electron chi connectivity index (χ2n) is 7.02. The zero-order valence-corrected chi connectivity index (χ0v) is 16.7. The van der Waals surface area contributed by atoms with Gasteiger partial charge in [0.1, 0.15) is 0 Å². The first-order chi connectivity index (χ1) is 14.6. The number of hydrogen-bond donors (Lipinski definition) is 0. The Morgan fingerprint density at radius 1 is 0.567 bits per heavy atom. The normalized spacial score (nSPS) is 13.9. The molecule has 0 N–H and O–H groups in total. The van der Waals surface area contributed by atoms with Crippen molar-refractivity contribution in [2.24, 2.45) is 0 Å². The number of nitrogens with zero attached hydrogens (tertiary/aromatic N) is 1. The van der Waals surface area contributed by atoms with Gasteiger partial charge in [-0.25, -0.2) is 8.42 Å². The Kier molecular flexibility index (Phi) is 4.26. The van der Waals surface area contributed by atoms with Crippen molar-refractivity contribution in [3.8, 4) is 11.1 Å². The Bertz CT molecular complexity index is 1310. The molecule has 0 unspecified atom stereocenters. The van der Waals surface area contributed by atoms with Crippen LogP contribution in [0.25, 0.3) is 11.1 Å². The van der Waals surface area contributed by atoms with Gasteiger partial charge in [0, 0.05) is 5.56 Å². The van der Waals surface area contributed by atoms with E-state index in [1.165, 1.54) is 4.90 Å². The van der Waals surface area contributed by atoms with Crippen LogP contribution in [0, 0.1) is 0 Å². The molecule has 1 amide bonds. The molecule has 1 aliphatic heterocycles. The van der Waals surface area contributed by atoms with Gasteiger partial charge in [0.15, 0.2) is 0 Å². The number of carbonyl (C=O) groups is 1. The Balaban J connectivity index is 1.62. The molecule has 0 aliphatic carbocycles. The Morgan fingerprint density at radius 2 is 1.03 bits per heavy atom. The van der Waals surface area contributed by atoms with E-state index in [-0.39, 0.29) is 15.7 Å². The summed E-state index contributed by atoms with van der Waals surface area (Å²) in [6, 6.07) is 30.5. The summed E-state index contributed by atoms with van der Waals surface area (Å²) in [6.07, 6.45) is 0. The number of carbonyl (C=O) groups excluding carboxylic acids is 1. The van der Waals surface area contributed by atoms with E-state index in [1.54, 1.807) is 60.7 Å². The zero-order valence-electron chi connectivity index (χ0n) is 15.9. The lowest BCUT2D eigenvalue weighted by atomic mass is 10.0. The third-order valence-electron chi connectivity index (χ3n) is 5.23. The van der Waals surface area contributed by atoms with Crippen LogP contribution in [0.1, 0.15) is 10.4 Å². The van der Waals surface area contributed by atoms with Crippen molar-refractivity contribution in [2.45, 2.75) is 9.79 Å². The van der Waals surface area contributed by atoms with Crippen LogP contribution in [0.2, 0.25) is 0 Å². The predicted molar refractivity (Wildman–Crippen MR) is 117 cm³/mol. The van der Waals surface area contributed by atoms with Crippen LogP contribution >= 0.6 is 0 Å². The molecule has 4 nitrogen and oxygen atoms in total. The Labute approximate surface area is 175 Å². The SMILES string of the molecule is O=C(c1ccc(-c2ccccc2)cc1)N1c2ccccc2S(=O)(=O)c2ccccc21. The van der Waals surface area contributed by atoms with Crippen LogP contribution in [-0.2, 0) is 9.84 Å². The number of rotatable bonds is 2. The highest BCUT2D eigenvalue weighted by atomic mass is 32.2. The molecule has 4 aromatic carbocycles. The maximum Gasteiger partial charge on any atom is 0.262 e. The van der Waals surface area contributed by atoms with E-state index in [2.05, 4.69) is 0 Å². The molecule has 5 heteroatoms. The van der Waals surface area contributed by atoms with Crippen LogP contribution in [0.15, 0.2) is 113 Å². The molecule has 0 atom stereocenters. The van der Waals surface area contributed by atoms with Gasteiger partial charge in [-0.15, -0.1) is 0 Å². The van der Waals surface area contributed by atoms with E-state index < -0.39 is 9.84 Å². The van der Waals surface area contributed by atoms with Gasteiger partial charge in [-0.1, -0.05) is 66.7 Å². The minimum absolute atomic E-state index is 0.137. The molecule has 1 heterocycles. The first-order valence-corrected chi connectivity index (χ1v) is 11.0. The summed E-state index contributed by atoms with van der Waals surface area (Å²) in [7, 11) is -3.69. The van der Waals surface area contributed by atoms with Crippen molar-refractivity contribution in [1.82, 2.24) is 0 Å². The third kappa shape index (κ3) is 2.83. The van der Waals surface area contributed by atoms with Gasteiger partial charge in [-0.3, -0.25) is 9.69 Å². The molecule has 0 saturated carbocycles. The lowest BCUT2D eigenvalue weighted by Gasteiger charge is -2.31. The number of para-hydroxylation sites is 2. The maximum absolute atomic E-state index is 13.5. The average molecular weight is 411 g/mol.